The summed E-state index contributed by atoms with van der Waals surface area (Å²) >= 11 is 0. The molecule has 1 heterocycles. The van der Waals surface area contributed by atoms with Crippen molar-refractivity contribution in [2.24, 2.45) is 0 Å². The van der Waals surface area contributed by atoms with Crippen molar-refractivity contribution in [1.82, 2.24) is 15.2 Å². The predicted octanol–water partition coefficient (Wildman–Crippen LogP) is 3.60. The maximum absolute atomic E-state index is 12.4. The molecule has 2 aromatic carbocycles. The first-order valence-electron chi connectivity index (χ1n) is 9.27. The van der Waals surface area contributed by atoms with Crippen LogP contribution < -0.4 is 15.2 Å². The van der Waals surface area contributed by atoms with Gasteiger partial charge in [0.2, 0.25) is 5.91 Å². The van der Waals surface area contributed by atoms with Crippen LogP contribution in [0.1, 0.15) is 23.4 Å². The van der Waals surface area contributed by atoms with Gasteiger partial charge in [-0.15, -0.1) is 0 Å². The van der Waals surface area contributed by atoms with Crippen molar-refractivity contribution >= 4 is 11.6 Å². The minimum atomic E-state index is -0.0284. The second-order valence-electron chi connectivity index (χ2n) is 6.69. The maximum atomic E-state index is 12.4. The Kier molecular flexibility index (Phi) is 5.99. The number of para-hydroxylation sites is 1. The number of rotatable bonds is 7. The second-order valence-corrected chi connectivity index (χ2v) is 6.69. The Balaban J connectivity index is 1.68. The summed E-state index contributed by atoms with van der Waals surface area (Å²) < 4.78 is 7.21. The summed E-state index contributed by atoms with van der Waals surface area (Å²) in [5.41, 5.74) is 7.86. The smallest absolute Gasteiger partial charge is 0.238 e. The highest BCUT2D eigenvalue weighted by atomic mass is 16.5. The fourth-order valence-electron chi connectivity index (χ4n) is 3.23. The molecule has 0 aliphatic rings. The number of amides is 1. The van der Waals surface area contributed by atoms with Crippen LogP contribution in [0.3, 0.4) is 0 Å². The van der Waals surface area contributed by atoms with Crippen LogP contribution in [-0.4, -0.2) is 29.8 Å². The normalized spacial score (nSPS) is 10.6. The lowest BCUT2D eigenvalue weighted by Gasteiger charge is -2.20. The van der Waals surface area contributed by atoms with Crippen LogP contribution in [0, 0.1) is 13.8 Å². The van der Waals surface area contributed by atoms with Gasteiger partial charge in [-0.05, 0) is 50.1 Å². The minimum absolute atomic E-state index is 0.0284. The van der Waals surface area contributed by atoms with E-state index in [1.807, 2.05) is 80.2 Å². The molecule has 0 fully saturated rings. The number of carbonyl (C=O) groups excluding carboxylic acids is 1. The molecule has 0 aliphatic heterocycles. The number of ether oxygens (including phenoxy) is 1. The zero-order valence-corrected chi connectivity index (χ0v) is 16.8. The molecular formula is C22H26N4O2. The number of carbonyl (C=O) groups is 1. The van der Waals surface area contributed by atoms with Crippen LogP contribution in [0.25, 0.3) is 5.69 Å². The first kappa shape index (κ1) is 19.5. The Morgan fingerprint density at radius 3 is 2.61 bits per heavy atom. The molecular weight excluding hydrogens is 352 g/mol. The number of hydrogen-bond acceptors (Lipinski definition) is 4. The maximum Gasteiger partial charge on any atom is 0.238 e. The second kappa shape index (κ2) is 8.61. The molecule has 146 valence electrons. The highest BCUT2D eigenvalue weighted by Gasteiger charge is 2.15. The van der Waals surface area contributed by atoms with Gasteiger partial charge < -0.3 is 4.74 Å². The van der Waals surface area contributed by atoms with Crippen molar-refractivity contribution in [3.8, 4) is 11.4 Å². The molecule has 0 saturated heterocycles. The number of hydrazine groups is 1. The number of nitrogens with one attached hydrogen (secondary N) is 1. The third kappa shape index (κ3) is 4.34. The summed E-state index contributed by atoms with van der Waals surface area (Å²) in [6.45, 7) is 4.01. The van der Waals surface area contributed by atoms with E-state index >= 15 is 0 Å². The van der Waals surface area contributed by atoms with E-state index in [9.17, 15) is 4.79 Å². The van der Waals surface area contributed by atoms with E-state index in [4.69, 9.17) is 4.74 Å². The fraction of sp³-hybridized carbons (Fsp3) is 0.273. The molecule has 1 aromatic heterocycles. The van der Waals surface area contributed by atoms with Crippen LogP contribution in [-0.2, 0) is 11.2 Å². The standard InChI is InChI=1S/C22H26N4O2/c1-16-21(13-14-22(27)24-25(3)18-9-6-5-7-10-18)17(2)26(23-16)19-11-8-12-20(15-19)28-4/h5-12,15H,13-14H2,1-4H3,(H,24,27). The van der Waals surface area contributed by atoms with E-state index in [-0.39, 0.29) is 5.91 Å². The number of nitrogens with zero attached hydrogens (tertiary/aromatic N) is 3. The zero-order chi connectivity index (χ0) is 20.1. The third-order valence-corrected chi connectivity index (χ3v) is 4.78. The molecule has 0 aliphatic carbocycles. The van der Waals surface area contributed by atoms with E-state index in [1.54, 1.807) is 12.1 Å². The third-order valence-electron chi connectivity index (χ3n) is 4.78. The molecule has 6 nitrogen and oxygen atoms in total. The van der Waals surface area contributed by atoms with Gasteiger partial charge in [-0.1, -0.05) is 24.3 Å². The lowest BCUT2D eigenvalue weighted by Crippen LogP contribution is -2.39. The minimum Gasteiger partial charge on any atom is -0.497 e. The van der Waals surface area contributed by atoms with Crippen molar-refractivity contribution in [2.75, 3.05) is 19.2 Å². The zero-order valence-electron chi connectivity index (χ0n) is 16.8. The van der Waals surface area contributed by atoms with E-state index in [1.165, 1.54) is 0 Å². The van der Waals surface area contributed by atoms with Gasteiger partial charge in [0.15, 0.2) is 0 Å². The first-order valence-corrected chi connectivity index (χ1v) is 9.27. The molecule has 1 amide bonds. The number of benzene rings is 2. The Morgan fingerprint density at radius 2 is 1.89 bits per heavy atom. The van der Waals surface area contributed by atoms with E-state index in [0.29, 0.717) is 12.8 Å². The molecule has 0 radical (unpaired) electrons. The highest BCUT2D eigenvalue weighted by molar-refractivity contribution is 5.78. The molecule has 1 N–H and O–H groups in total. The summed E-state index contributed by atoms with van der Waals surface area (Å²) in [5, 5.41) is 6.40. The van der Waals surface area contributed by atoms with E-state index < -0.39 is 0 Å². The summed E-state index contributed by atoms with van der Waals surface area (Å²) in [5.74, 6) is 0.759. The number of methoxy groups -OCH3 is 1. The van der Waals surface area contributed by atoms with Crippen LogP contribution in [0.4, 0.5) is 5.69 Å². The lowest BCUT2D eigenvalue weighted by molar-refractivity contribution is -0.121. The first-order chi connectivity index (χ1) is 13.5. The van der Waals surface area contributed by atoms with Gasteiger partial charge in [-0.3, -0.25) is 15.2 Å². The quantitative estimate of drug-likeness (QED) is 0.638. The molecule has 0 spiro atoms. The Morgan fingerprint density at radius 1 is 1.14 bits per heavy atom. The Bertz CT molecular complexity index is 950. The van der Waals surface area contributed by atoms with Gasteiger partial charge >= 0.3 is 0 Å². The molecule has 0 saturated carbocycles. The van der Waals surface area contributed by atoms with Gasteiger partial charge in [-0.2, -0.15) is 5.10 Å². The topological polar surface area (TPSA) is 59.4 Å². The number of anilines is 1. The van der Waals surface area contributed by atoms with Crippen LogP contribution in [0.15, 0.2) is 54.6 Å². The van der Waals surface area contributed by atoms with Gasteiger partial charge in [0, 0.05) is 25.2 Å². The Hall–Kier alpha value is -3.28. The fourth-order valence-corrected chi connectivity index (χ4v) is 3.23. The van der Waals surface area contributed by atoms with Crippen molar-refractivity contribution in [3.63, 3.8) is 0 Å². The summed E-state index contributed by atoms with van der Waals surface area (Å²) in [4.78, 5) is 12.4. The van der Waals surface area contributed by atoms with Crippen LogP contribution >= 0.6 is 0 Å². The molecule has 28 heavy (non-hydrogen) atoms. The van der Waals surface area contributed by atoms with E-state index in [0.717, 1.165) is 34.1 Å². The van der Waals surface area contributed by atoms with Crippen LogP contribution in [0.5, 0.6) is 5.75 Å². The van der Waals surface area contributed by atoms with Crippen molar-refractivity contribution < 1.29 is 9.53 Å². The van der Waals surface area contributed by atoms with Crippen molar-refractivity contribution in [2.45, 2.75) is 26.7 Å². The van der Waals surface area contributed by atoms with Gasteiger partial charge in [0.1, 0.15) is 5.75 Å². The summed E-state index contributed by atoms with van der Waals surface area (Å²) in [6, 6.07) is 17.5. The average molecular weight is 378 g/mol. The number of aromatic nitrogens is 2. The molecule has 0 unspecified atom stereocenters. The van der Waals surface area contributed by atoms with Gasteiger partial charge in [0.25, 0.3) is 0 Å². The molecule has 3 aromatic rings. The van der Waals surface area contributed by atoms with E-state index in [2.05, 4.69) is 10.5 Å². The summed E-state index contributed by atoms with van der Waals surface area (Å²) in [7, 11) is 3.49. The molecule has 0 bridgehead atoms. The predicted molar refractivity (Wildman–Crippen MR) is 111 cm³/mol. The average Bonchev–Trinajstić information content (AvgIpc) is 3.00. The number of hydrogen-bond donors (Lipinski definition) is 1. The van der Waals surface area contributed by atoms with Crippen molar-refractivity contribution in [3.05, 3.63) is 71.5 Å². The molecule has 0 atom stereocenters. The Labute approximate surface area is 165 Å². The highest BCUT2D eigenvalue weighted by Crippen LogP contribution is 2.22. The monoisotopic (exact) mass is 378 g/mol. The largest absolute Gasteiger partial charge is 0.497 e. The SMILES string of the molecule is COc1cccc(-n2nc(C)c(CCC(=O)NN(C)c3ccccc3)c2C)c1. The van der Waals surface area contributed by atoms with Gasteiger partial charge in [0.05, 0.1) is 24.2 Å². The molecule has 3 rings (SSSR count). The van der Waals surface area contributed by atoms with Crippen LogP contribution in [0.2, 0.25) is 0 Å². The lowest BCUT2D eigenvalue weighted by atomic mass is 10.1. The van der Waals surface area contributed by atoms with Gasteiger partial charge in [-0.25, -0.2) is 4.68 Å². The number of aryl methyl sites for hydroxylation is 1. The molecule has 6 heteroatoms. The summed E-state index contributed by atoms with van der Waals surface area (Å²) in [6.07, 6.45) is 1.03. The van der Waals surface area contributed by atoms with Crippen molar-refractivity contribution in [1.29, 1.82) is 0 Å².